The number of benzene rings is 3. The molecule has 1 amide bonds. The molecule has 0 aliphatic carbocycles. The molecule has 5 nitrogen and oxygen atoms in total. The van der Waals surface area contributed by atoms with Gasteiger partial charge in [-0.25, -0.2) is 0 Å². The molecule has 29 heavy (non-hydrogen) atoms. The second-order valence-corrected chi connectivity index (χ2v) is 6.44. The van der Waals surface area contributed by atoms with Crippen LogP contribution in [0.1, 0.15) is 33.2 Å². The molecule has 0 radical (unpaired) electrons. The summed E-state index contributed by atoms with van der Waals surface area (Å²) in [6.45, 7) is 2.00. The van der Waals surface area contributed by atoms with E-state index < -0.39 is 0 Å². The molecule has 0 fully saturated rings. The topological polar surface area (TPSA) is 64.6 Å². The van der Waals surface area contributed by atoms with Crippen LogP contribution in [0.2, 0.25) is 0 Å². The van der Waals surface area contributed by atoms with Crippen LogP contribution >= 0.6 is 0 Å². The molecular formula is C24H23NO4. The van der Waals surface area contributed by atoms with Gasteiger partial charge in [-0.05, 0) is 36.2 Å². The fourth-order valence-corrected chi connectivity index (χ4v) is 2.85. The summed E-state index contributed by atoms with van der Waals surface area (Å²) in [6, 6.07) is 21.5. The third-order valence-corrected chi connectivity index (χ3v) is 4.50. The Balaban J connectivity index is 1.63. The number of amides is 1. The molecular weight excluding hydrogens is 366 g/mol. The third kappa shape index (κ3) is 5.23. The molecule has 0 bridgehead atoms. The SMILES string of the molecule is CCc1ccc(C(=O)COc2cccc(NC(=O)c3ccccc3OC)c2)cc1. The summed E-state index contributed by atoms with van der Waals surface area (Å²) >= 11 is 0. The van der Waals surface area contributed by atoms with Crippen molar-refractivity contribution in [1.29, 1.82) is 0 Å². The highest BCUT2D eigenvalue weighted by Gasteiger charge is 2.12. The molecule has 0 atom stereocenters. The van der Waals surface area contributed by atoms with Crippen molar-refractivity contribution in [2.75, 3.05) is 19.0 Å². The normalized spacial score (nSPS) is 10.3. The average Bonchev–Trinajstić information content (AvgIpc) is 2.77. The van der Waals surface area contributed by atoms with Gasteiger partial charge in [-0.2, -0.15) is 0 Å². The third-order valence-electron chi connectivity index (χ3n) is 4.50. The first kappa shape index (κ1) is 20.1. The summed E-state index contributed by atoms with van der Waals surface area (Å²) in [6.07, 6.45) is 0.929. The van der Waals surface area contributed by atoms with Crippen LogP contribution in [-0.4, -0.2) is 25.4 Å². The molecule has 3 aromatic carbocycles. The van der Waals surface area contributed by atoms with E-state index in [-0.39, 0.29) is 18.3 Å². The van der Waals surface area contributed by atoms with Gasteiger partial charge < -0.3 is 14.8 Å². The monoisotopic (exact) mass is 389 g/mol. The van der Waals surface area contributed by atoms with Crippen molar-refractivity contribution >= 4 is 17.4 Å². The lowest BCUT2D eigenvalue weighted by Crippen LogP contribution is -2.14. The minimum Gasteiger partial charge on any atom is -0.496 e. The van der Waals surface area contributed by atoms with Gasteiger partial charge in [0.25, 0.3) is 5.91 Å². The van der Waals surface area contributed by atoms with E-state index in [4.69, 9.17) is 9.47 Å². The summed E-state index contributed by atoms with van der Waals surface area (Å²) in [5.41, 5.74) is 2.80. The van der Waals surface area contributed by atoms with Crippen LogP contribution in [0.3, 0.4) is 0 Å². The maximum Gasteiger partial charge on any atom is 0.259 e. The van der Waals surface area contributed by atoms with Crippen LogP contribution in [0.5, 0.6) is 11.5 Å². The van der Waals surface area contributed by atoms with E-state index in [9.17, 15) is 9.59 Å². The van der Waals surface area contributed by atoms with Gasteiger partial charge >= 0.3 is 0 Å². The number of nitrogens with one attached hydrogen (secondary N) is 1. The van der Waals surface area contributed by atoms with Crippen LogP contribution in [-0.2, 0) is 6.42 Å². The molecule has 3 aromatic rings. The summed E-state index contributed by atoms with van der Waals surface area (Å²) in [5, 5.41) is 2.82. The smallest absolute Gasteiger partial charge is 0.259 e. The molecule has 1 N–H and O–H groups in total. The number of hydrogen-bond acceptors (Lipinski definition) is 4. The minimum absolute atomic E-state index is 0.0740. The first-order valence-corrected chi connectivity index (χ1v) is 9.40. The molecule has 3 rings (SSSR count). The van der Waals surface area contributed by atoms with Crippen molar-refractivity contribution < 1.29 is 19.1 Å². The zero-order valence-electron chi connectivity index (χ0n) is 16.5. The van der Waals surface area contributed by atoms with Crippen molar-refractivity contribution in [3.8, 4) is 11.5 Å². The van der Waals surface area contributed by atoms with Gasteiger partial charge in [0.2, 0.25) is 0 Å². The number of rotatable bonds is 8. The Labute approximate surface area is 170 Å². The van der Waals surface area contributed by atoms with Crippen molar-refractivity contribution in [3.05, 3.63) is 89.5 Å². The van der Waals surface area contributed by atoms with Gasteiger partial charge in [-0.1, -0.05) is 49.4 Å². The molecule has 0 spiro atoms. The standard InChI is InChI=1S/C24H23NO4/c1-3-17-11-13-18(14-12-17)22(26)16-29-20-8-6-7-19(15-20)25-24(27)21-9-4-5-10-23(21)28-2/h4-15H,3,16H2,1-2H3,(H,25,27). The van der Waals surface area contributed by atoms with E-state index in [0.29, 0.717) is 28.3 Å². The summed E-state index contributed by atoms with van der Waals surface area (Å²) in [4.78, 5) is 24.8. The molecule has 0 aliphatic heterocycles. The number of carbonyl (C=O) groups is 2. The number of aryl methyl sites for hydroxylation is 1. The lowest BCUT2D eigenvalue weighted by Gasteiger charge is -2.11. The highest BCUT2D eigenvalue weighted by molar-refractivity contribution is 6.06. The number of ether oxygens (including phenoxy) is 2. The largest absolute Gasteiger partial charge is 0.496 e. The quantitative estimate of drug-likeness (QED) is 0.564. The Morgan fingerprint density at radius 1 is 0.931 bits per heavy atom. The predicted octanol–water partition coefficient (Wildman–Crippen LogP) is 4.77. The molecule has 5 heteroatoms. The molecule has 0 saturated heterocycles. The van der Waals surface area contributed by atoms with E-state index in [1.807, 2.05) is 24.3 Å². The lowest BCUT2D eigenvalue weighted by atomic mass is 10.1. The highest BCUT2D eigenvalue weighted by Crippen LogP contribution is 2.22. The molecule has 0 aliphatic rings. The number of Topliss-reactive ketones (excluding diaryl/α,β-unsaturated/α-hetero) is 1. The van der Waals surface area contributed by atoms with Gasteiger partial charge in [-0.3, -0.25) is 9.59 Å². The van der Waals surface area contributed by atoms with Crippen LogP contribution in [0.15, 0.2) is 72.8 Å². The van der Waals surface area contributed by atoms with Crippen LogP contribution in [0, 0.1) is 0 Å². The second-order valence-electron chi connectivity index (χ2n) is 6.44. The van der Waals surface area contributed by atoms with Crippen molar-refractivity contribution in [1.82, 2.24) is 0 Å². The van der Waals surface area contributed by atoms with Gasteiger partial charge in [0, 0.05) is 17.3 Å². The first-order chi connectivity index (χ1) is 14.1. The van der Waals surface area contributed by atoms with Crippen molar-refractivity contribution in [3.63, 3.8) is 0 Å². The van der Waals surface area contributed by atoms with Gasteiger partial charge in [0.05, 0.1) is 12.7 Å². The van der Waals surface area contributed by atoms with E-state index in [1.54, 1.807) is 48.5 Å². The average molecular weight is 389 g/mol. The Hall–Kier alpha value is -3.60. The fraction of sp³-hybridized carbons (Fsp3) is 0.167. The van der Waals surface area contributed by atoms with Crippen LogP contribution in [0.25, 0.3) is 0 Å². The van der Waals surface area contributed by atoms with Crippen LogP contribution < -0.4 is 14.8 Å². The van der Waals surface area contributed by atoms with Crippen molar-refractivity contribution in [2.24, 2.45) is 0 Å². The minimum atomic E-state index is -0.285. The van der Waals surface area contributed by atoms with Gasteiger partial charge in [0.1, 0.15) is 11.5 Å². The van der Waals surface area contributed by atoms with E-state index in [1.165, 1.54) is 12.7 Å². The van der Waals surface area contributed by atoms with E-state index in [0.717, 1.165) is 6.42 Å². The highest BCUT2D eigenvalue weighted by atomic mass is 16.5. The number of hydrogen-bond donors (Lipinski definition) is 1. The Bertz CT molecular complexity index is 996. The molecule has 0 heterocycles. The first-order valence-electron chi connectivity index (χ1n) is 9.40. The fourth-order valence-electron chi connectivity index (χ4n) is 2.85. The number of methoxy groups -OCH3 is 1. The number of carbonyl (C=O) groups excluding carboxylic acids is 2. The summed E-state index contributed by atoms with van der Waals surface area (Å²) < 4.78 is 10.9. The number of ketones is 1. The summed E-state index contributed by atoms with van der Waals surface area (Å²) in [5.74, 6) is 0.612. The Morgan fingerprint density at radius 3 is 2.41 bits per heavy atom. The zero-order valence-corrected chi connectivity index (χ0v) is 16.5. The summed E-state index contributed by atoms with van der Waals surface area (Å²) in [7, 11) is 1.52. The molecule has 148 valence electrons. The maximum atomic E-state index is 12.5. The lowest BCUT2D eigenvalue weighted by molar-refractivity contribution is 0.0920. The predicted molar refractivity (Wildman–Crippen MR) is 113 cm³/mol. The van der Waals surface area contributed by atoms with Crippen LogP contribution in [0.4, 0.5) is 5.69 Å². The molecule has 0 aromatic heterocycles. The maximum absolute atomic E-state index is 12.5. The van der Waals surface area contributed by atoms with E-state index in [2.05, 4.69) is 12.2 Å². The molecule has 0 saturated carbocycles. The van der Waals surface area contributed by atoms with E-state index >= 15 is 0 Å². The number of anilines is 1. The number of para-hydroxylation sites is 1. The zero-order chi connectivity index (χ0) is 20.6. The second kappa shape index (κ2) is 9.55. The van der Waals surface area contributed by atoms with Gasteiger partial charge in [-0.15, -0.1) is 0 Å². The molecule has 0 unspecified atom stereocenters. The Morgan fingerprint density at radius 2 is 1.69 bits per heavy atom. The Kier molecular flexibility index (Phi) is 6.63. The van der Waals surface area contributed by atoms with Gasteiger partial charge in [0.15, 0.2) is 12.4 Å². The van der Waals surface area contributed by atoms with Crippen molar-refractivity contribution in [2.45, 2.75) is 13.3 Å².